The first kappa shape index (κ1) is 31.6. The number of fused-ring (bicyclic) bond motifs is 7. The summed E-state index contributed by atoms with van der Waals surface area (Å²) in [5, 5.41) is 8.07. The maximum atomic E-state index is 14.4. The SMILES string of the molecule is CC(C)[C@@H]1NC(=O)[C@@H](CC(=O)c2ccc(Br)cc2)Cc2ccc3c(c2)C24c5cccc(c5N[C@H]2O3)-c2cccc3[nH]cc(c23)-c2cnc(o2)-c2nc1oc24. The van der Waals surface area contributed by atoms with Gasteiger partial charge in [0.05, 0.1) is 6.20 Å². The van der Waals surface area contributed by atoms with Gasteiger partial charge in [0.2, 0.25) is 17.7 Å². The Hall–Kier alpha value is -5.94. The van der Waals surface area contributed by atoms with Gasteiger partial charge in [-0.25, -0.2) is 9.97 Å². The number of aromatic amines is 1. The minimum atomic E-state index is -1.02. The van der Waals surface area contributed by atoms with Crippen LogP contribution in [-0.4, -0.2) is 32.9 Å². The Morgan fingerprint density at radius 1 is 0.963 bits per heavy atom. The van der Waals surface area contributed by atoms with Gasteiger partial charge in [0.25, 0.3) is 0 Å². The molecule has 1 spiro atoms. The molecule has 4 aromatic carbocycles. The Bertz CT molecular complexity index is 2730. The number of hydrogen-bond acceptors (Lipinski definition) is 8. The third kappa shape index (κ3) is 4.32. The topological polar surface area (TPSA) is 135 Å². The van der Waals surface area contributed by atoms with Gasteiger partial charge in [-0.05, 0) is 47.7 Å². The van der Waals surface area contributed by atoms with Gasteiger partial charge in [0.1, 0.15) is 17.2 Å². The summed E-state index contributed by atoms with van der Waals surface area (Å²) in [6.07, 6.45) is 3.44. The molecule has 4 aliphatic heterocycles. The lowest BCUT2D eigenvalue weighted by Gasteiger charge is -2.28. The van der Waals surface area contributed by atoms with Crippen LogP contribution in [0.4, 0.5) is 5.69 Å². The largest absolute Gasteiger partial charge is 0.469 e. The number of ketones is 1. The van der Waals surface area contributed by atoms with Crippen molar-refractivity contribution in [2.75, 3.05) is 5.32 Å². The highest BCUT2D eigenvalue weighted by Crippen LogP contribution is 2.61. The van der Waals surface area contributed by atoms with E-state index in [1.165, 1.54) is 0 Å². The lowest BCUT2D eigenvalue weighted by molar-refractivity contribution is -0.126. The van der Waals surface area contributed by atoms with Crippen LogP contribution in [0.2, 0.25) is 0 Å². The summed E-state index contributed by atoms with van der Waals surface area (Å²) >= 11 is 3.46. The molecule has 11 rings (SSSR count). The van der Waals surface area contributed by atoms with Gasteiger partial charge >= 0.3 is 0 Å². The first-order valence-corrected chi connectivity index (χ1v) is 18.9. The van der Waals surface area contributed by atoms with Gasteiger partial charge in [-0.15, -0.1) is 0 Å². The van der Waals surface area contributed by atoms with Crippen molar-refractivity contribution in [3.63, 3.8) is 0 Å². The molecule has 266 valence electrons. The summed E-state index contributed by atoms with van der Waals surface area (Å²) in [7, 11) is 0. The molecule has 7 aromatic rings. The number of para-hydroxylation sites is 1. The standard InChI is InChI=1S/C43H32BrN5O5/c1-20(2)35-41-48-37-38(54-41)43-28-7-3-6-26(25-5-4-8-30-34(25)27(18-45-30)33-19-46-40(37)52-33)36(28)49-42(43)53-32-14-9-21(16-29(32)43)15-23(39(51)47-35)17-31(50)22-10-12-24(44)13-11-22/h3-14,16,18-20,23,35,42,45,49H,15,17H2,1-2H3,(H,47,51)/t23-,35+,42+,43?/m1/s1. The molecule has 3 aromatic heterocycles. The number of halogens is 1. The van der Waals surface area contributed by atoms with Crippen molar-refractivity contribution in [1.82, 2.24) is 20.3 Å². The molecule has 4 aliphatic rings. The molecular weight excluding hydrogens is 746 g/mol. The summed E-state index contributed by atoms with van der Waals surface area (Å²) in [5.74, 6) is 1.28. The van der Waals surface area contributed by atoms with Crippen molar-refractivity contribution in [2.24, 2.45) is 11.8 Å². The van der Waals surface area contributed by atoms with Gasteiger partial charge in [-0.3, -0.25) is 9.59 Å². The molecule has 4 atom stereocenters. The Morgan fingerprint density at radius 2 is 1.80 bits per heavy atom. The maximum Gasteiger partial charge on any atom is 0.249 e. The van der Waals surface area contributed by atoms with Crippen LogP contribution in [0.1, 0.15) is 65.0 Å². The highest BCUT2D eigenvalue weighted by molar-refractivity contribution is 9.10. The summed E-state index contributed by atoms with van der Waals surface area (Å²) in [6.45, 7) is 4.03. The number of amides is 1. The first-order valence-electron chi connectivity index (χ1n) is 18.2. The van der Waals surface area contributed by atoms with E-state index in [1.54, 1.807) is 18.3 Å². The van der Waals surface area contributed by atoms with E-state index >= 15 is 0 Å². The maximum absolute atomic E-state index is 14.4. The van der Waals surface area contributed by atoms with Crippen LogP contribution >= 0.6 is 15.9 Å². The van der Waals surface area contributed by atoms with Crippen LogP contribution in [0.5, 0.6) is 5.75 Å². The number of oxazole rings is 2. The van der Waals surface area contributed by atoms with E-state index in [2.05, 4.69) is 74.0 Å². The third-order valence-electron chi connectivity index (χ3n) is 11.5. The number of nitrogens with one attached hydrogen (secondary N) is 3. The van der Waals surface area contributed by atoms with Gasteiger partial charge in [0.15, 0.2) is 29.2 Å². The highest BCUT2D eigenvalue weighted by atomic mass is 79.9. The number of aromatic nitrogens is 3. The molecule has 0 saturated heterocycles. The molecule has 10 bridgehead atoms. The molecule has 0 saturated carbocycles. The summed E-state index contributed by atoms with van der Waals surface area (Å²) < 4.78 is 21.4. The van der Waals surface area contributed by atoms with E-state index in [9.17, 15) is 9.59 Å². The van der Waals surface area contributed by atoms with E-state index in [1.807, 2.05) is 44.3 Å². The van der Waals surface area contributed by atoms with Crippen molar-refractivity contribution in [3.05, 3.63) is 130 Å². The van der Waals surface area contributed by atoms with Gasteiger partial charge in [-0.1, -0.05) is 84.4 Å². The Labute approximate surface area is 317 Å². The average molecular weight is 779 g/mol. The van der Waals surface area contributed by atoms with E-state index in [0.717, 1.165) is 54.4 Å². The summed E-state index contributed by atoms with van der Waals surface area (Å²) in [5.41, 5.74) is 7.54. The fourth-order valence-corrected chi connectivity index (χ4v) is 9.21. The van der Waals surface area contributed by atoms with Crippen LogP contribution in [-0.2, 0) is 16.6 Å². The summed E-state index contributed by atoms with van der Waals surface area (Å²) in [6, 6.07) is 25.2. The zero-order chi connectivity index (χ0) is 36.5. The second kappa shape index (κ2) is 11.3. The van der Waals surface area contributed by atoms with E-state index < -0.39 is 23.6 Å². The van der Waals surface area contributed by atoms with E-state index in [-0.39, 0.29) is 24.0 Å². The molecule has 0 aliphatic carbocycles. The number of H-pyrrole nitrogens is 1. The van der Waals surface area contributed by atoms with Crippen LogP contribution in [0.25, 0.3) is 44.9 Å². The zero-order valence-corrected chi connectivity index (χ0v) is 30.8. The average Bonchev–Trinajstić information content (AvgIpc) is 3.99. The molecule has 1 amide bonds. The smallest absolute Gasteiger partial charge is 0.249 e. The number of carbonyl (C=O) groups excluding carboxylic acids is 2. The monoisotopic (exact) mass is 777 g/mol. The first-order chi connectivity index (χ1) is 26.3. The van der Waals surface area contributed by atoms with Crippen molar-refractivity contribution in [3.8, 4) is 39.8 Å². The molecule has 1 unspecified atom stereocenters. The van der Waals surface area contributed by atoms with Gasteiger partial charge in [0, 0.05) is 67.4 Å². The van der Waals surface area contributed by atoms with Crippen molar-refractivity contribution in [1.29, 1.82) is 0 Å². The van der Waals surface area contributed by atoms with Crippen molar-refractivity contribution in [2.45, 2.75) is 44.4 Å². The van der Waals surface area contributed by atoms with Crippen molar-refractivity contribution < 1.29 is 23.2 Å². The zero-order valence-electron chi connectivity index (χ0n) is 29.2. The van der Waals surface area contributed by atoms with Crippen LogP contribution in [0, 0.1) is 11.8 Å². The number of benzene rings is 4. The molecule has 0 fully saturated rings. The number of nitrogens with zero attached hydrogens (tertiary/aromatic N) is 2. The van der Waals surface area contributed by atoms with E-state index in [0.29, 0.717) is 46.7 Å². The predicted octanol–water partition coefficient (Wildman–Crippen LogP) is 8.96. The molecule has 11 heteroatoms. The number of anilines is 1. The number of ether oxygens (including phenoxy) is 1. The normalized spacial score (nSPS) is 21.5. The third-order valence-corrected chi connectivity index (χ3v) is 12.1. The highest BCUT2D eigenvalue weighted by Gasteiger charge is 2.61. The van der Waals surface area contributed by atoms with Crippen LogP contribution in [0.3, 0.4) is 0 Å². The predicted molar refractivity (Wildman–Crippen MR) is 205 cm³/mol. The Balaban J connectivity index is 1.18. The molecular formula is C43H32BrN5O5. The fourth-order valence-electron chi connectivity index (χ4n) is 8.95. The lowest BCUT2D eigenvalue weighted by atomic mass is 9.72. The second-order valence-electron chi connectivity index (χ2n) is 15.0. The molecule has 10 nitrogen and oxygen atoms in total. The molecule has 54 heavy (non-hydrogen) atoms. The molecule has 0 radical (unpaired) electrons. The second-order valence-corrected chi connectivity index (χ2v) is 15.9. The number of Topliss-reactive ketones (excluding diaryl/α,β-unsaturated/α-hetero) is 1. The van der Waals surface area contributed by atoms with E-state index in [4.69, 9.17) is 23.5 Å². The molecule has 7 heterocycles. The van der Waals surface area contributed by atoms with Gasteiger partial charge in [-0.2, -0.15) is 0 Å². The minimum Gasteiger partial charge on any atom is -0.469 e. The van der Waals surface area contributed by atoms with Gasteiger partial charge < -0.3 is 29.2 Å². The fraction of sp³-hybridized carbons (Fsp3) is 0.209. The quantitative estimate of drug-likeness (QED) is 0.151. The number of rotatable bonds is 4. The van der Waals surface area contributed by atoms with Crippen molar-refractivity contribution >= 4 is 44.2 Å². The Morgan fingerprint density at radius 3 is 2.65 bits per heavy atom. The molecule has 3 N–H and O–H groups in total. The minimum absolute atomic E-state index is 0.0284. The summed E-state index contributed by atoms with van der Waals surface area (Å²) in [4.78, 5) is 41.5. The Kier molecular flexibility index (Phi) is 6.60. The van der Waals surface area contributed by atoms with Crippen LogP contribution in [0.15, 0.2) is 105 Å². The van der Waals surface area contributed by atoms with Crippen LogP contribution < -0.4 is 15.4 Å². The lowest BCUT2D eigenvalue weighted by Crippen LogP contribution is -2.40. The number of hydrogen-bond donors (Lipinski definition) is 3. The number of carbonyl (C=O) groups is 2.